The first-order valence-electron chi connectivity index (χ1n) is 12.7. The van der Waals surface area contributed by atoms with Gasteiger partial charge in [0.25, 0.3) is 0 Å². The van der Waals surface area contributed by atoms with Crippen LogP contribution in [0.15, 0.2) is 77.7 Å². The van der Waals surface area contributed by atoms with Gasteiger partial charge in [0.2, 0.25) is 5.56 Å². The standard InChI is InChI=1S/C30H34N2O4/c1-29(2,35)20-30(25-7-5-4-6-8-25)17-18-32(28(34)36-30)27(23-13-14-23)22-11-9-21(10-12-22)24-15-16-26(33)31(3)19-24/h4-12,15-16,19,23,27,35H,13-14,17-18,20H2,1-3H3/t27-,30+/m1/s1. The second-order valence-corrected chi connectivity index (χ2v) is 10.9. The molecular weight excluding hydrogens is 452 g/mol. The fourth-order valence-corrected chi connectivity index (χ4v) is 5.55. The van der Waals surface area contributed by atoms with Crippen LogP contribution < -0.4 is 5.56 Å². The summed E-state index contributed by atoms with van der Waals surface area (Å²) in [5, 5.41) is 10.7. The number of hydrogen-bond donors (Lipinski definition) is 1. The molecule has 2 aliphatic rings. The molecule has 2 atom stereocenters. The molecule has 2 heterocycles. The highest BCUT2D eigenvalue weighted by atomic mass is 16.6. The molecule has 3 aromatic rings. The van der Waals surface area contributed by atoms with Crippen molar-refractivity contribution in [3.8, 4) is 11.1 Å². The third-order valence-corrected chi connectivity index (χ3v) is 7.37. The fraction of sp³-hybridized carbons (Fsp3) is 0.400. The number of benzene rings is 2. The first-order chi connectivity index (χ1) is 17.2. The average molecular weight is 487 g/mol. The van der Waals surface area contributed by atoms with Crippen LogP contribution in [0.1, 0.15) is 56.7 Å². The highest BCUT2D eigenvalue weighted by Gasteiger charge is 2.49. The molecule has 2 fully saturated rings. The number of pyridine rings is 1. The number of rotatable bonds is 7. The number of aliphatic hydroxyl groups is 1. The Kier molecular flexibility index (Phi) is 6.25. The van der Waals surface area contributed by atoms with Gasteiger partial charge >= 0.3 is 6.09 Å². The summed E-state index contributed by atoms with van der Waals surface area (Å²) in [6, 6.07) is 21.5. The Labute approximate surface area is 212 Å². The molecule has 5 rings (SSSR count). The first kappa shape index (κ1) is 24.3. The second kappa shape index (κ2) is 9.25. The van der Waals surface area contributed by atoms with Gasteiger partial charge in [-0.3, -0.25) is 4.79 Å². The number of aromatic nitrogens is 1. The van der Waals surface area contributed by atoms with Crippen molar-refractivity contribution in [1.29, 1.82) is 0 Å². The van der Waals surface area contributed by atoms with E-state index < -0.39 is 11.2 Å². The predicted molar refractivity (Wildman–Crippen MR) is 139 cm³/mol. The molecule has 0 radical (unpaired) electrons. The Morgan fingerprint density at radius 1 is 1.00 bits per heavy atom. The monoisotopic (exact) mass is 486 g/mol. The topological polar surface area (TPSA) is 71.8 Å². The summed E-state index contributed by atoms with van der Waals surface area (Å²) >= 11 is 0. The predicted octanol–water partition coefficient (Wildman–Crippen LogP) is 5.40. The van der Waals surface area contributed by atoms with Crippen LogP contribution in [0, 0.1) is 5.92 Å². The van der Waals surface area contributed by atoms with E-state index in [2.05, 4.69) is 24.3 Å². The summed E-state index contributed by atoms with van der Waals surface area (Å²) in [6.07, 6.45) is 4.64. The largest absolute Gasteiger partial charge is 0.438 e. The normalized spacial score (nSPS) is 21.2. The maximum absolute atomic E-state index is 13.6. The summed E-state index contributed by atoms with van der Waals surface area (Å²) in [5.74, 6) is 0.416. The number of ether oxygens (including phenoxy) is 1. The highest BCUT2D eigenvalue weighted by molar-refractivity contribution is 5.71. The van der Waals surface area contributed by atoms with Gasteiger partial charge in [0.1, 0.15) is 5.60 Å². The number of cyclic esters (lactones) is 1. The summed E-state index contributed by atoms with van der Waals surface area (Å²) < 4.78 is 7.82. The summed E-state index contributed by atoms with van der Waals surface area (Å²) in [6.45, 7) is 4.08. The molecule has 1 saturated carbocycles. The van der Waals surface area contributed by atoms with Crippen molar-refractivity contribution < 1.29 is 14.6 Å². The number of amides is 1. The zero-order valence-corrected chi connectivity index (χ0v) is 21.2. The molecule has 0 spiro atoms. The van der Waals surface area contributed by atoms with Crippen LogP contribution in [0.25, 0.3) is 11.1 Å². The Morgan fingerprint density at radius 3 is 2.25 bits per heavy atom. The van der Waals surface area contributed by atoms with E-state index in [0.29, 0.717) is 25.3 Å². The lowest BCUT2D eigenvalue weighted by Gasteiger charge is -2.46. The van der Waals surface area contributed by atoms with Gasteiger partial charge < -0.3 is 19.3 Å². The molecule has 2 aromatic carbocycles. The van der Waals surface area contributed by atoms with Gasteiger partial charge in [0, 0.05) is 38.7 Å². The molecule has 0 unspecified atom stereocenters. The zero-order chi connectivity index (χ0) is 25.5. The van der Waals surface area contributed by atoms with Gasteiger partial charge in [-0.2, -0.15) is 0 Å². The Bertz CT molecular complexity index is 1290. The molecule has 0 bridgehead atoms. The molecule has 188 valence electrons. The molecule has 6 heteroatoms. The minimum Gasteiger partial charge on any atom is -0.438 e. The van der Waals surface area contributed by atoms with Crippen molar-refractivity contribution in [2.75, 3.05) is 6.54 Å². The van der Waals surface area contributed by atoms with Crippen LogP contribution in [0.2, 0.25) is 0 Å². The average Bonchev–Trinajstić information content (AvgIpc) is 3.68. The maximum atomic E-state index is 13.6. The number of carbonyl (C=O) groups excluding carboxylic acids is 1. The van der Waals surface area contributed by atoms with E-state index in [1.54, 1.807) is 31.5 Å². The van der Waals surface area contributed by atoms with Crippen LogP contribution in [0.3, 0.4) is 0 Å². The zero-order valence-electron chi connectivity index (χ0n) is 21.2. The SMILES string of the molecule is Cn1cc(-c2ccc([C@H](C3CC3)N3CC[C@](CC(C)(C)O)(c4ccccc4)OC3=O)cc2)ccc1=O. The summed E-state index contributed by atoms with van der Waals surface area (Å²) in [7, 11) is 1.75. The van der Waals surface area contributed by atoms with Crippen LogP contribution in [-0.2, 0) is 17.4 Å². The smallest absolute Gasteiger partial charge is 0.411 e. The molecule has 1 aliphatic heterocycles. The number of nitrogens with zero attached hydrogens (tertiary/aromatic N) is 2. The lowest BCUT2D eigenvalue weighted by molar-refractivity contribution is -0.103. The maximum Gasteiger partial charge on any atom is 0.411 e. The van der Waals surface area contributed by atoms with Crippen molar-refractivity contribution in [2.45, 2.75) is 56.8 Å². The number of carbonyl (C=O) groups is 1. The highest BCUT2D eigenvalue weighted by Crippen LogP contribution is 2.48. The minimum absolute atomic E-state index is 0.0380. The Morgan fingerprint density at radius 2 is 1.67 bits per heavy atom. The fourth-order valence-electron chi connectivity index (χ4n) is 5.55. The molecule has 6 nitrogen and oxygen atoms in total. The number of hydrogen-bond acceptors (Lipinski definition) is 4. The van der Waals surface area contributed by atoms with Gasteiger partial charge in [-0.25, -0.2) is 4.79 Å². The molecule has 1 amide bonds. The Hall–Kier alpha value is -3.38. The van der Waals surface area contributed by atoms with E-state index in [1.165, 1.54) is 0 Å². The van der Waals surface area contributed by atoms with Gasteiger partial charge in [0.05, 0.1) is 11.6 Å². The van der Waals surface area contributed by atoms with Crippen molar-refractivity contribution in [3.05, 3.63) is 94.4 Å². The van der Waals surface area contributed by atoms with Crippen LogP contribution >= 0.6 is 0 Å². The molecule has 1 aromatic heterocycles. The quantitative estimate of drug-likeness (QED) is 0.485. The third kappa shape index (κ3) is 4.96. The van der Waals surface area contributed by atoms with E-state index in [-0.39, 0.29) is 17.7 Å². The molecular formula is C30H34N2O4. The van der Waals surface area contributed by atoms with E-state index in [1.807, 2.05) is 47.5 Å². The molecule has 1 N–H and O–H groups in total. The third-order valence-electron chi connectivity index (χ3n) is 7.37. The van der Waals surface area contributed by atoms with E-state index in [4.69, 9.17) is 4.74 Å². The lowest BCUT2D eigenvalue weighted by atomic mass is 9.80. The molecule has 36 heavy (non-hydrogen) atoms. The molecule has 1 saturated heterocycles. The van der Waals surface area contributed by atoms with E-state index in [9.17, 15) is 14.7 Å². The Balaban J connectivity index is 1.41. The van der Waals surface area contributed by atoms with Crippen LogP contribution in [0.5, 0.6) is 0 Å². The summed E-state index contributed by atoms with van der Waals surface area (Å²) in [4.78, 5) is 27.2. The lowest BCUT2D eigenvalue weighted by Crippen LogP contribution is -2.51. The van der Waals surface area contributed by atoms with Crippen LogP contribution in [0.4, 0.5) is 4.79 Å². The van der Waals surface area contributed by atoms with Crippen molar-refractivity contribution in [3.63, 3.8) is 0 Å². The summed E-state index contributed by atoms with van der Waals surface area (Å²) in [5.41, 5.74) is 2.15. The second-order valence-electron chi connectivity index (χ2n) is 10.9. The van der Waals surface area contributed by atoms with E-state index in [0.717, 1.165) is 35.1 Å². The number of aryl methyl sites for hydroxylation is 1. The van der Waals surface area contributed by atoms with Crippen molar-refractivity contribution in [1.82, 2.24) is 9.47 Å². The van der Waals surface area contributed by atoms with Crippen molar-refractivity contribution in [2.24, 2.45) is 13.0 Å². The first-order valence-corrected chi connectivity index (χ1v) is 12.7. The van der Waals surface area contributed by atoms with Crippen molar-refractivity contribution >= 4 is 6.09 Å². The van der Waals surface area contributed by atoms with Gasteiger partial charge in [-0.05, 0) is 60.9 Å². The van der Waals surface area contributed by atoms with Crippen LogP contribution in [-0.4, -0.2) is 32.8 Å². The molecule has 1 aliphatic carbocycles. The van der Waals surface area contributed by atoms with E-state index >= 15 is 0 Å². The van der Waals surface area contributed by atoms with Gasteiger partial charge in [-0.1, -0.05) is 54.6 Å². The van der Waals surface area contributed by atoms with Gasteiger partial charge in [-0.15, -0.1) is 0 Å². The minimum atomic E-state index is -0.981. The van der Waals surface area contributed by atoms with Gasteiger partial charge in [0.15, 0.2) is 0 Å².